The van der Waals surface area contributed by atoms with Crippen LogP contribution in [-0.2, 0) is 6.54 Å². The SMILES string of the molecule is O=C(NCCn1cc(Br)cn1)c1ccc(Cl)cc1Cl. The summed E-state index contributed by atoms with van der Waals surface area (Å²) in [5, 5.41) is 7.71. The fraction of sp³-hybridized carbons (Fsp3) is 0.167. The normalized spacial score (nSPS) is 10.5. The number of carbonyl (C=O) groups excluding carboxylic acids is 1. The Morgan fingerprint density at radius 2 is 2.21 bits per heavy atom. The molecule has 1 heterocycles. The maximum absolute atomic E-state index is 11.9. The van der Waals surface area contributed by atoms with Gasteiger partial charge in [-0.25, -0.2) is 0 Å². The van der Waals surface area contributed by atoms with Gasteiger partial charge >= 0.3 is 0 Å². The Morgan fingerprint density at radius 3 is 2.84 bits per heavy atom. The molecule has 0 aliphatic heterocycles. The van der Waals surface area contributed by atoms with Gasteiger partial charge in [0.15, 0.2) is 0 Å². The Morgan fingerprint density at radius 1 is 1.42 bits per heavy atom. The van der Waals surface area contributed by atoms with Crippen LogP contribution in [0.15, 0.2) is 35.1 Å². The van der Waals surface area contributed by atoms with E-state index in [1.807, 2.05) is 6.20 Å². The van der Waals surface area contributed by atoms with E-state index in [9.17, 15) is 4.79 Å². The quantitative estimate of drug-likeness (QED) is 0.906. The van der Waals surface area contributed by atoms with E-state index in [0.717, 1.165) is 4.47 Å². The number of nitrogens with zero attached hydrogens (tertiary/aromatic N) is 2. The molecule has 1 aromatic heterocycles. The topological polar surface area (TPSA) is 46.9 Å². The number of nitrogens with one attached hydrogen (secondary N) is 1. The van der Waals surface area contributed by atoms with Crippen LogP contribution in [-0.4, -0.2) is 22.2 Å². The van der Waals surface area contributed by atoms with Gasteiger partial charge in [0.1, 0.15) is 0 Å². The van der Waals surface area contributed by atoms with Crippen molar-refractivity contribution in [2.24, 2.45) is 0 Å². The zero-order valence-electron chi connectivity index (χ0n) is 9.74. The summed E-state index contributed by atoms with van der Waals surface area (Å²) in [6.07, 6.45) is 3.53. The van der Waals surface area contributed by atoms with Crippen LogP contribution in [0.1, 0.15) is 10.4 Å². The first-order valence-electron chi connectivity index (χ1n) is 5.47. The molecule has 4 nitrogen and oxygen atoms in total. The largest absolute Gasteiger partial charge is 0.350 e. The predicted octanol–water partition coefficient (Wildman–Crippen LogP) is 3.38. The molecule has 1 N–H and O–H groups in total. The Bertz CT molecular complexity index is 600. The minimum atomic E-state index is -0.229. The summed E-state index contributed by atoms with van der Waals surface area (Å²) in [5.74, 6) is -0.229. The Kier molecular flexibility index (Phi) is 4.85. The maximum Gasteiger partial charge on any atom is 0.252 e. The van der Waals surface area contributed by atoms with Crippen LogP contribution in [0, 0.1) is 0 Å². The maximum atomic E-state index is 11.9. The molecule has 100 valence electrons. The fourth-order valence-corrected chi connectivity index (χ4v) is 2.34. The summed E-state index contributed by atoms with van der Waals surface area (Å²) < 4.78 is 2.63. The van der Waals surface area contributed by atoms with E-state index in [1.54, 1.807) is 29.1 Å². The average Bonchev–Trinajstić information content (AvgIpc) is 2.75. The first kappa shape index (κ1) is 14.4. The summed E-state index contributed by atoms with van der Waals surface area (Å²) in [5.41, 5.74) is 0.410. The molecule has 1 aromatic carbocycles. The molecular weight excluding hydrogens is 353 g/mol. The molecular formula is C12H10BrCl2N3O. The first-order valence-corrected chi connectivity index (χ1v) is 7.02. The van der Waals surface area contributed by atoms with Crippen molar-refractivity contribution in [3.8, 4) is 0 Å². The second-order valence-corrected chi connectivity index (χ2v) is 5.56. The highest BCUT2D eigenvalue weighted by molar-refractivity contribution is 9.10. The summed E-state index contributed by atoms with van der Waals surface area (Å²) in [7, 11) is 0. The highest BCUT2D eigenvalue weighted by Gasteiger charge is 2.10. The number of hydrogen-bond acceptors (Lipinski definition) is 2. The zero-order valence-corrected chi connectivity index (χ0v) is 12.8. The smallest absolute Gasteiger partial charge is 0.252 e. The van der Waals surface area contributed by atoms with E-state index in [0.29, 0.717) is 28.7 Å². The lowest BCUT2D eigenvalue weighted by Gasteiger charge is -2.07. The van der Waals surface area contributed by atoms with Crippen LogP contribution in [0.5, 0.6) is 0 Å². The lowest BCUT2D eigenvalue weighted by atomic mass is 10.2. The molecule has 0 aliphatic carbocycles. The number of halogens is 3. The van der Waals surface area contributed by atoms with Crippen molar-refractivity contribution in [1.82, 2.24) is 15.1 Å². The Hall–Kier alpha value is -1.04. The van der Waals surface area contributed by atoms with E-state index in [-0.39, 0.29) is 5.91 Å². The van der Waals surface area contributed by atoms with Crippen LogP contribution >= 0.6 is 39.1 Å². The third kappa shape index (κ3) is 3.96. The second kappa shape index (κ2) is 6.41. The highest BCUT2D eigenvalue weighted by atomic mass is 79.9. The number of aromatic nitrogens is 2. The van der Waals surface area contributed by atoms with Crippen LogP contribution in [0.3, 0.4) is 0 Å². The van der Waals surface area contributed by atoms with Gasteiger partial charge in [-0.1, -0.05) is 23.2 Å². The Labute approximate surface area is 128 Å². The third-order valence-electron chi connectivity index (χ3n) is 2.40. The molecule has 2 aromatic rings. The molecule has 0 atom stereocenters. The van der Waals surface area contributed by atoms with Gasteiger partial charge in [0.2, 0.25) is 0 Å². The van der Waals surface area contributed by atoms with Gasteiger partial charge in [0, 0.05) is 17.8 Å². The number of carbonyl (C=O) groups is 1. The van der Waals surface area contributed by atoms with Crippen molar-refractivity contribution in [3.63, 3.8) is 0 Å². The van der Waals surface area contributed by atoms with Crippen LogP contribution in [0.2, 0.25) is 10.0 Å². The predicted molar refractivity (Wildman–Crippen MR) is 78.7 cm³/mol. The van der Waals surface area contributed by atoms with Crippen molar-refractivity contribution in [3.05, 3.63) is 50.7 Å². The monoisotopic (exact) mass is 361 g/mol. The van der Waals surface area contributed by atoms with Crippen molar-refractivity contribution in [2.45, 2.75) is 6.54 Å². The number of rotatable bonds is 4. The van der Waals surface area contributed by atoms with E-state index in [2.05, 4.69) is 26.3 Å². The molecule has 0 bridgehead atoms. The average molecular weight is 363 g/mol. The molecule has 7 heteroatoms. The van der Waals surface area contributed by atoms with Gasteiger partial charge < -0.3 is 5.32 Å². The van der Waals surface area contributed by atoms with Crippen molar-refractivity contribution >= 4 is 45.0 Å². The molecule has 1 amide bonds. The molecule has 0 saturated heterocycles. The van der Waals surface area contributed by atoms with E-state index >= 15 is 0 Å². The van der Waals surface area contributed by atoms with Crippen molar-refractivity contribution in [2.75, 3.05) is 6.54 Å². The molecule has 0 unspecified atom stereocenters. The lowest BCUT2D eigenvalue weighted by Crippen LogP contribution is -2.27. The lowest BCUT2D eigenvalue weighted by molar-refractivity contribution is 0.0952. The summed E-state index contributed by atoms with van der Waals surface area (Å²) >= 11 is 15.0. The van der Waals surface area contributed by atoms with Gasteiger partial charge in [0.25, 0.3) is 5.91 Å². The third-order valence-corrected chi connectivity index (χ3v) is 3.36. The Balaban J connectivity index is 1.90. The minimum absolute atomic E-state index is 0.229. The number of amides is 1. The summed E-state index contributed by atoms with van der Waals surface area (Å²) in [4.78, 5) is 11.9. The minimum Gasteiger partial charge on any atom is -0.350 e. The van der Waals surface area contributed by atoms with E-state index < -0.39 is 0 Å². The molecule has 0 saturated carbocycles. The number of hydrogen-bond donors (Lipinski definition) is 1. The molecule has 0 fully saturated rings. The van der Waals surface area contributed by atoms with Crippen molar-refractivity contribution in [1.29, 1.82) is 0 Å². The van der Waals surface area contributed by atoms with E-state index in [1.165, 1.54) is 0 Å². The van der Waals surface area contributed by atoms with Crippen LogP contribution in [0.25, 0.3) is 0 Å². The van der Waals surface area contributed by atoms with Gasteiger partial charge in [-0.2, -0.15) is 5.10 Å². The second-order valence-electron chi connectivity index (χ2n) is 3.80. The standard InChI is InChI=1S/C12H10BrCl2N3O/c13-8-6-17-18(7-8)4-3-16-12(19)10-2-1-9(14)5-11(10)15/h1-2,5-7H,3-4H2,(H,16,19). The van der Waals surface area contributed by atoms with Gasteiger partial charge in [0.05, 0.1) is 27.8 Å². The summed E-state index contributed by atoms with van der Waals surface area (Å²) in [6.45, 7) is 1.05. The molecule has 0 spiro atoms. The van der Waals surface area contributed by atoms with E-state index in [4.69, 9.17) is 23.2 Å². The van der Waals surface area contributed by atoms with Gasteiger partial charge in [-0.15, -0.1) is 0 Å². The molecule has 2 rings (SSSR count). The zero-order chi connectivity index (χ0) is 13.8. The molecule has 0 radical (unpaired) electrons. The highest BCUT2D eigenvalue weighted by Crippen LogP contribution is 2.20. The van der Waals surface area contributed by atoms with Crippen LogP contribution in [0.4, 0.5) is 0 Å². The number of benzene rings is 1. The fourth-order valence-electron chi connectivity index (χ4n) is 1.51. The van der Waals surface area contributed by atoms with Crippen molar-refractivity contribution < 1.29 is 4.79 Å². The van der Waals surface area contributed by atoms with Gasteiger partial charge in [-0.05, 0) is 34.1 Å². The molecule has 19 heavy (non-hydrogen) atoms. The molecule has 0 aliphatic rings. The van der Waals surface area contributed by atoms with Gasteiger partial charge in [-0.3, -0.25) is 9.48 Å². The van der Waals surface area contributed by atoms with Crippen LogP contribution < -0.4 is 5.32 Å². The first-order chi connectivity index (χ1) is 9.06. The summed E-state index contributed by atoms with van der Waals surface area (Å²) in [6, 6.07) is 4.78.